The fraction of sp³-hybridized carbons (Fsp3) is 0.0385. The highest BCUT2D eigenvalue weighted by atomic mass is 32.2. The van der Waals surface area contributed by atoms with Gasteiger partial charge in [0, 0.05) is 12.6 Å². The zero-order chi connectivity index (χ0) is 23.3. The molecule has 0 aromatic heterocycles. The first kappa shape index (κ1) is 22.1. The second-order valence-electron chi connectivity index (χ2n) is 7.20. The number of para-hydroxylation sites is 3. The third-order valence-corrected chi connectivity index (χ3v) is 6.80. The van der Waals surface area contributed by atoms with E-state index in [4.69, 9.17) is 4.74 Å². The minimum Gasteiger partial charge on any atom is -0.455 e. The van der Waals surface area contributed by atoms with Crippen molar-refractivity contribution in [2.45, 2.75) is 4.90 Å². The van der Waals surface area contributed by atoms with Gasteiger partial charge in [0.25, 0.3) is 15.9 Å². The summed E-state index contributed by atoms with van der Waals surface area (Å²) in [5, 5.41) is 2.86. The van der Waals surface area contributed by atoms with Crippen molar-refractivity contribution in [2.24, 2.45) is 0 Å². The van der Waals surface area contributed by atoms with E-state index in [9.17, 15) is 13.2 Å². The summed E-state index contributed by atoms with van der Waals surface area (Å²) >= 11 is 0. The summed E-state index contributed by atoms with van der Waals surface area (Å²) in [5.74, 6) is 0.841. The number of carbonyl (C=O) groups excluding carboxylic acids is 1. The fourth-order valence-electron chi connectivity index (χ4n) is 3.18. The van der Waals surface area contributed by atoms with Crippen molar-refractivity contribution >= 4 is 27.3 Å². The van der Waals surface area contributed by atoms with Crippen LogP contribution in [0.25, 0.3) is 0 Å². The number of amides is 1. The number of hydrogen-bond donors (Lipinski definition) is 1. The maximum atomic E-state index is 12.8. The SMILES string of the molecule is CN(c1ccc(C(=O)Nc2ccccc2Oc2ccccc2)cc1)S(=O)(=O)c1ccccc1. The molecule has 0 spiro atoms. The number of benzene rings is 4. The van der Waals surface area contributed by atoms with Crippen LogP contribution < -0.4 is 14.4 Å². The summed E-state index contributed by atoms with van der Waals surface area (Å²) < 4.78 is 32.7. The molecule has 7 heteroatoms. The molecule has 0 radical (unpaired) electrons. The fourth-order valence-corrected chi connectivity index (χ4v) is 4.40. The van der Waals surface area contributed by atoms with E-state index in [0.717, 1.165) is 0 Å². The predicted molar refractivity (Wildman–Crippen MR) is 129 cm³/mol. The number of anilines is 2. The van der Waals surface area contributed by atoms with Crippen LogP contribution in [-0.4, -0.2) is 21.4 Å². The number of sulfonamides is 1. The van der Waals surface area contributed by atoms with Gasteiger partial charge in [0.15, 0.2) is 5.75 Å². The van der Waals surface area contributed by atoms with Crippen LogP contribution in [0.2, 0.25) is 0 Å². The standard InChI is InChI=1S/C26H22N2O4S/c1-28(33(30,31)23-12-6-3-7-13-23)21-18-16-20(17-19-21)26(29)27-24-14-8-9-15-25(24)32-22-10-4-2-5-11-22/h2-19H,1H3,(H,27,29). The van der Waals surface area contributed by atoms with Crippen molar-refractivity contribution in [1.82, 2.24) is 0 Å². The van der Waals surface area contributed by atoms with Crippen LogP contribution in [-0.2, 0) is 10.0 Å². The van der Waals surface area contributed by atoms with Crippen molar-refractivity contribution in [3.63, 3.8) is 0 Å². The molecule has 1 amide bonds. The van der Waals surface area contributed by atoms with Crippen LogP contribution in [0.5, 0.6) is 11.5 Å². The highest BCUT2D eigenvalue weighted by Crippen LogP contribution is 2.30. The molecule has 33 heavy (non-hydrogen) atoms. The Morgan fingerprint density at radius 1 is 0.758 bits per heavy atom. The Hall–Kier alpha value is -4.10. The summed E-state index contributed by atoms with van der Waals surface area (Å²) in [6.07, 6.45) is 0. The smallest absolute Gasteiger partial charge is 0.264 e. The Kier molecular flexibility index (Phi) is 6.42. The molecule has 0 heterocycles. The molecule has 0 aliphatic rings. The van der Waals surface area contributed by atoms with E-state index in [1.807, 2.05) is 36.4 Å². The van der Waals surface area contributed by atoms with Gasteiger partial charge in [-0.2, -0.15) is 0 Å². The molecule has 0 fully saturated rings. The summed E-state index contributed by atoms with van der Waals surface area (Å²) in [4.78, 5) is 13.0. The second-order valence-corrected chi connectivity index (χ2v) is 9.17. The van der Waals surface area contributed by atoms with Crippen LogP contribution in [0, 0.1) is 0 Å². The monoisotopic (exact) mass is 458 g/mol. The maximum Gasteiger partial charge on any atom is 0.264 e. The first-order valence-electron chi connectivity index (χ1n) is 10.2. The Balaban J connectivity index is 1.50. The van der Waals surface area contributed by atoms with Gasteiger partial charge in [-0.3, -0.25) is 9.10 Å². The minimum atomic E-state index is -3.69. The van der Waals surface area contributed by atoms with Crippen LogP contribution >= 0.6 is 0 Å². The molecule has 166 valence electrons. The molecule has 0 aliphatic heterocycles. The lowest BCUT2D eigenvalue weighted by Crippen LogP contribution is -2.26. The van der Waals surface area contributed by atoms with Crippen molar-refractivity contribution in [1.29, 1.82) is 0 Å². The molecule has 0 unspecified atom stereocenters. The lowest BCUT2D eigenvalue weighted by molar-refractivity contribution is 0.102. The highest BCUT2D eigenvalue weighted by Gasteiger charge is 2.21. The van der Waals surface area contributed by atoms with Gasteiger partial charge in [-0.25, -0.2) is 8.42 Å². The lowest BCUT2D eigenvalue weighted by Gasteiger charge is -2.19. The first-order chi connectivity index (χ1) is 15.9. The lowest BCUT2D eigenvalue weighted by atomic mass is 10.2. The molecule has 0 atom stereocenters. The first-order valence-corrected chi connectivity index (χ1v) is 11.7. The van der Waals surface area contributed by atoms with Gasteiger partial charge in [0.1, 0.15) is 5.75 Å². The van der Waals surface area contributed by atoms with Gasteiger partial charge >= 0.3 is 0 Å². The van der Waals surface area contributed by atoms with Crippen LogP contribution in [0.15, 0.2) is 114 Å². The number of hydrogen-bond acceptors (Lipinski definition) is 4. The molecule has 0 saturated heterocycles. The highest BCUT2D eigenvalue weighted by molar-refractivity contribution is 7.92. The third-order valence-electron chi connectivity index (χ3n) is 5.00. The third kappa shape index (κ3) is 5.05. The Morgan fingerprint density at radius 2 is 1.33 bits per heavy atom. The molecule has 1 N–H and O–H groups in total. The van der Waals surface area contributed by atoms with Crippen LogP contribution in [0.3, 0.4) is 0 Å². The van der Waals surface area contributed by atoms with Crippen molar-refractivity contribution < 1.29 is 17.9 Å². The van der Waals surface area contributed by atoms with Crippen LogP contribution in [0.1, 0.15) is 10.4 Å². The van der Waals surface area contributed by atoms with Gasteiger partial charge in [-0.05, 0) is 60.7 Å². The van der Waals surface area contributed by atoms with E-state index in [0.29, 0.717) is 28.4 Å². The van der Waals surface area contributed by atoms with E-state index in [1.165, 1.54) is 11.4 Å². The van der Waals surface area contributed by atoms with Crippen molar-refractivity contribution in [3.8, 4) is 11.5 Å². The molecule has 0 aliphatic carbocycles. The Labute approximate surface area is 193 Å². The van der Waals surface area contributed by atoms with E-state index >= 15 is 0 Å². The average Bonchev–Trinajstić information content (AvgIpc) is 2.86. The summed E-state index contributed by atoms with van der Waals surface area (Å²) in [7, 11) is -2.21. The average molecular weight is 459 g/mol. The van der Waals surface area contributed by atoms with Gasteiger partial charge in [0.05, 0.1) is 16.3 Å². The van der Waals surface area contributed by atoms with Crippen molar-refractivity contribution in [2.75, 3.05) is 16.7 Å². The molecule has 4 aromatic carbocycles. The number of nitrogens with one attached hydrogen (secondary N) is 1. The normalized spacial score (nSPS) is 10.9. The van der Waals surface area contributed by atoms with Gasteiger partial charge in [-0.15, -0.1) is 0 Å². The Morgan fingerprint density at radius 3 is 2.00 bits per heavy atom. The number of rotatable bonds is 7. The molecular formula is C26H22N2O4S. The molecule has 4 aromatic rings. The largest absolute Gasteiger partial charge is 0.455 e. The molecular weight excluding hydrogens is 436 g/mol. The van der Waals surface area contributed by atoms with E-state index in [1.54, 1.807) is 72.8 Å². The van der Waals surface area contributed by atoms with Gasteiger partial charge in [0.2, 0.25) is 0 Å². The topological polar surface area (TPSA) is 75.7 Å². The van der Waals surface area contributed by atoms with Crippen LogP contribution in [0.4, 0.5) is 11.4 Å². The number of carbonyl (C=O) groups is 1. The minimum absolute atomic E-state index is 0.198. The van der Waals surface area contributed by atoms with E-state index in [2.05, 4.69) is 5.32 Å². The zero-order valence-corrected chi connectivity index (χ0v) is 18.7. The van der Waals surface area contributed by atoms with E-state index < -0.39 is 10.0 Å². The molecule has 0 bridgehead atoms. The summed E-state index contributed by atoms with van der Waals surface area (Å²) in [6, 6.07) is 31.0. The quantitative estimate of drug-likeness (QED) is 0.394. The summed E-state index contributed by atoms with van der Waals surface area (Å²) in [6.45, 7) is 0. The maximum absolute atomic E-state index is 12.8. The van der Waals surface area contributed by atoms with Gasteiger partial charge < -0.3 is 10.1 Å². The molecule has 4 rings (SSSR count). The van der Waals surface area contributed by atoms with Crippen molar-refractivity contribution in [3.05, 3.63) is 115 Å². The Bertz CT molecular complexity index is 1340. The zero-order valence-electron chi connectivity index (χ0n) is 17.9. The molecule has 6 nitrogen and oxygen atoms in total. The van der Waals surface area contributed by atoms with E-state index in [-0.39, 0.29) is 10.8 Å². The number of ether oxygens (including phenoxy) is 1. The number of nitrogens with zero attached hydrogens (tertiary/aromatic N) is 1. The molecule has 0 saturated carbocycles. The van der Waals surface area contributed by atoms with Gasteiger partial charge in [-0.1, -0.05) is 48.5 Å². The summed E-state index contributed by atoms with van der Waals surface area (Å²) in [5.41, 5.74) is 1.36. The predicted octanol–water partition coefficient (Wildman–Crippen LogP) is 5.56. The second kappa shape index (κ2) is 9.58.